The fraction of sp³-hybridized carbons (Fsp3) is 0.0833. The van der Waals surface area contributed by atoms with E-state index < -0.39 is 10.0 Å². The Morgan fingerprint density at radius 3 is 2.60 bits per heavy atom. The van der Waals surface area contributed by atoms with Crippen molar-refractivity contribution >= 4 is 60.2 Å². The molecule has 1 aromatic heterocycles. The van der Waals surface area contributed by atoms with E-state index in [-0.39, 0.29) is 9.88 Å². The molecule has 0 unspecified atom stereocenters. The fourth-order valence-corrected chi connectivity index (χ4v) is 5.36. The lowest BCUT2D eigenvalue weighted by Crippen LogP contribution is -2.18. The second kappa shape index (κ2) is 5.80. The van der Waals surface area contributed by atoms with Crippen molar-refractivity contribution < 1.29 is 8.42 Å². The average molecular weight is 391 g/mol. The SMILES string of the molecule is Cc1sc(Br)cc1S(=O)(=O)Nc1ccccc1C(N)=S. The van der Waals surface area contributed by atoms with Gasteiger partial charge in [-0.05, 0) is 41.1 Å². The summed E-state index contributed by atoms with van der Waals surface area (Å²) >= 11 is 9.57. The summed E-state index contributed by atoms with van der Waals surface area (Å²) in [6, 6.07) is 8.35. The Hall–Kier alpha value is -0.960. The van der Waals surface area contributed by atoms with Gasteiger partial charge >= 0.3 is 0 Å². The van der Waals surface area contributed by atoms with Crippen molar-refractivity contribution in [1.82, 2.24) is 0 Å². The second-order valence-corrected chi connectivity index (χ2v) is 8.71. The maximum Gasteiger partial charge on any atom is 0.263 e. The minimum atomic E-state index is -3.66. The molecule has 4 nitrogen and oxygen atoms in total. The third kappa shape index (κ3) is 3.20. The van der Waals surface area contributed by atoms with E-state index in [0.717, 1.165) is 3.79 Å². The molecule has 0 atom stereocenters. The summed E-state index contributed by atoms with van der Waals surface area (Å²) in [5, 5.41) is 0. The topological polar surface area (TPSA) is 72.2 Å². The van der Waals surface area contributed by atoms with Gasteiger partial charge in [-0.15, -0.1) is 11.3 Å². The predicted octanol–water partition coefficient (Wildman–Crippen LogP) is 3.25. The van der Waals surface area contributed by atoms with Gasteiger partial charge in [-0.2, -0.15) is 0 Å². The van der Waals surface area contributed by atoms with Crippen LogP contribution in [0.3, 0.4) is 0 Å². The first-order chi connectivity index (χ1) is 9.31. The molecule has 0 aliphatic carbocycles. The van der Waals surface area contributed by atoms with Crippen LogP contribution in [0.4, 0.5) is 5.69 Å². The molecule has 3 N–H and O–H groups in total. The largest absolute Gasteiger partial charge is 0.389 e. The quantitative estimate of drug-likeness (QED) is 0.785. The molecule has 20 heavy (non-hydrogen) atoms. The van der Waals surface area contributed by atoms with Gasteiger partial charge < -0.3 is 5.73 Å². The molecule has 1 aromatic carbocycles. The number of para-hydroxylation sites is 1. The Balaban J connectivity index is 2.44. The maximum absolute atomic E-state index is 12.4. The molecule has 0 aliphatic rings. The highest BCUT2D eigenvalue weighted by atomic mass is 79.9. The normalized spacial score (nSPS) is 11.3. The van der Waals surface area contributed by atoms with Crippen LogP contribution in [0.25, 0.3) is 0 Å². The number of aryl methyl sites for hydroxylation is 1. The zero-order valence-electron chi connectivity index (χ0n) is 10.4. The lowest BCUT2D eigenvalue weighted by molar-refractivity contribution is 0.601. The monoisotopic (exact) mass is 390 g/mol. The van der Waals surface area contributed by atoms with Crippen molar-refractivity contribution in [2.75, 3.05) is 4.72 Å². The summed E-state index contributed by atoms with van der Waals surface area (Å²) < 4.78 is 28.1. The molecule has 0 bridgehead atoms. The van der Waals surface area contributed by atoms with Crippen LogP contribution in [0.2, 0.25) is 0 Å². The zero-order valence-corrected chi connectivity index (χ0v) is 14.4. The van der Waals surface area contributed by atoms with Crippen molar-refractivity contribution in [3.63, 3.8) is 0 Å². The van der Waals surface area contributed by atoms with E-state index in [1.165, 1.54) is 11.3 Å². The van der Waals surface area contributed by atoms with E-state index >= 15 is 0 Å². The van der Waals surface area contributed by atoms with Gasteiger partial charge in [0.05, 0.1) is 9.47 Å². The van der Waals surface area contributed by atoms with Gasteiger partial charge in [0.1, 0.15) is 9.88 Å². The minimum absolute atomic E-state index is 0.145. The van der Waals surface area contributed by atoms with Gasteiger partial charge in [-0.3, -0.25) is 4.72 Å². The van der Waals surface area contributed by atoms with E-state index in [1.54, 1.807) is 37.3 Å². The van der Waals surface area contributed by atoms with Crippen molar-refractivity contribution in [2.45, 2.75) is 11.8 Å². The molecule has 2 rings (SSSR count). The third-order valence-electron chi connectivity index (χ3n) is 2.57. The van der Waals surface area contributed by atoms with Crippen LogP contribution in [-0.4, -0.2) is 13.4 Å². The molecule has 106 valence electrons. The number of sulfonamides is 1. The molecule has 0 spiro atoms. The van der Waals surface area contributed by atoms with Crippen LogP contribution in [0.5, 0.6) is 0 Å². The highest BCUT2D eigenvalue weighted by Gasteiger charge is 2.21. The summed E-state index contributed by atoms with van der Waals surface area (Å²) in [6.45, 7) is 1.75. The number of nitrogens with one attached hydrogen (secondary N) is 1. The summed E-state index contributed by atoms with van der Waals surface area (Å²) in [5.74, 6) is 0. The molecular formula is C12H11BrN2O2S3. The Labute approximate surface area is 135 Å². The van der Waals surface area contributed by atoms with Crippen LogP contribution in [-0.2, 0) is 10.0 Å². The standard InChI is InChI=1S/C12H11BrN2O2S3/c1-7-10(6-11(13)19-7)20(16,17)15-9-5-3-2-4-8(9)12(14)18/h2-6,15H,1H3,(H2,14,18). The fourth-order valence-electron chi connectivity index (χ4n) is 1.68. The van der Waals surface area contributed by atoms with E-state index in [4.69, 9.17) is 18.0 Å². The van der Waals surface area contributed by atoms with Crippen LogP contribution >= 0.6 is 39.5 Å². The summed E-state index contributed by atoms with van der Waals surface area (Å²) in [4.78, 5) is 1.09. The maximum atomic E-state index is 12.4. The Morgan fingerprint density at radius 1 is 1.40 bits per heavy atom. The molecule has 1 heterocycles. The number of nitrogens with two attached hydrogens (primary N) is 1. The first-order valence-electron chi connectivity index (χ1n) is 5.49. The summed E-state index contributed by atoms with van der Waals surface area (Å²) in [5.41, 5.74) is 6.47. The van der Waals surface area contributed by atoms with Crippen LogP contribution in [0.1, 0.15) is 10.4 Å². The number of benzene rings is 1. The number of hydrogen-bond donors (Lipinski definition) is 2. The van der Waals surface area contributed by atoms with Gasteiger partial charge in [0.15, 0.2) is 0 Å². The molecule has 0 saturated heterocycles. The molecular weight excluding hydrogens is 380 g/mol. The average Bonchev–Trinajstić information content (AvgIpc) is 2.69. The highest BCUT2D eigenvalue weighted by Crippen LogP contribution is 2.31. The van der Waals surface area contributed by atoms with Gasteiger partial charge in [0.2, 0.25) is 0 Å². The molecule has 0 saturated carbocycles. The lowest BCUT2D eigenvalue weighted by atomic mass is 10.2. The number of halogens is 1. The summed E-state index contributed by atoms with van der Waals surface area (Å²) in [6.07, 6.45) is 0. The molecule has 2 aromatic rings. The van der Waals surface area contributed by atoms with Crippen LogP contribution < -0.4 is 10.5 Å². The number of hydrogen-bond acceptors (Lipinski definition) is 4. The zero-order chi connectivity index (χ0) is 14.9. The molecule has 8 heteroatoms. The number of thiocarbonyl (C=S) groups is 1. The van der Waals surface area contributed by atoms with E-state index in [9.17, 15) is 8.42 Å². The molecule has 0 amide bonds. The third-order valence-corrected chi connectivity index (χ3v) is 5.96. The molecule has 0 fully saturated rings. The Bertz CT molecular complexity index is 769. The van der Waals surface area contributed by atoms with E-state index in [2.05, 4.69) is 20.7 Å². The van der Waals surface area contributed by atoms with E-state index in [1.807, 2.05) is 0 Å². The summed E-state index contributed by atoms with van der Waals surface area (Å²) in [7, 11) is -3.66. The number of thiophene rings is 1. The first-order valence-corrected chi connectivity index (χ1v) is 8.99. The van der Waals surface area contributed by atoms with Crippen molar-refractivity contribution in [2.24, 2.45) is 5.73 Å². The van der Waals surface area contributed by atoms with Gasteiger partial charge in [0.25, 0.3) is 10.0 Å². The van der Waals surface area contributed by atoms with Crippen LogP contribution in [0, 0.1) is 6.92 Å². The molecule has 0 radical (unpaired) electrons. The lowest BCUT2D eigenvalue weighted by Gasteiger charge is -2.11. The number of anilines is 1. The van der Waals surface area contributed by atoms with Gasteiger partial charge in [-0.1, -0.05) is 24.4 Å². The van der Waals surface area contributed by atoms with Crippen molar-refractivity contribution in [3.05, 3.63) is 44.6 Å². The Kier molecular flexibility index (Phi) is 4.48. The smallest absolute Gasteiger partial charge is 0.263 e. The van der Waals surface area contributed by atoms with E-state index in [0.29, 0.717) is 16.1 Å². The minimum Gasteiger partial charge on any atom is -0.389 e. The first kappa shape index (κ1) is 15.4. The number of rotatable bonds is 4. The van der Waals surface area contributed by atoms with Gasteiger partial charge in [-0.25, -0.2) is 8.42 Å². The van der Waals surface area contributed by atoms with Crippen molar-refractivity contribution in [3.8, 4) is 0 Å². The predicted molar refractivity (Wildman–Crippen MR) is 89.9 cm³/mol. The van der Waals surface area contributed by atoms with Crippen molar-refractivity contribution in [1.29, 1.82) is 0 Å². The van der Waals surface area contributed by atoms with Crippen LogP contribution in [0.15, 0.2) is 39.0 Å². The van der Waals surface area contributed by atoms with Gasteiger partial charge in [0, 0.05) is 10.4 Å². The second-order valence-electron chi connectivity index (χ2n) is 3.99. The molecule has 0 aliphatic heterocycles. The highest BCUT2D eigenvalue weighted by molar-refractivity contribution is 9.11. The Morgan fingerprint density at radius 2 is 2.05 bits per heavy atom.